The first-order valence-corrected chi connectivity index (χ1v) is 8.37. The zero-order chi connectivity index (χ0) is 14.5. The van der Waals surface area contributed by atoms with Crippen molar-refractivity contribution >= 4 is 5.95 Å². The first-order chi connectivity index (χ1) is 10.4. The van der Waals surface area contributed by atoms with E-state index in [0.717, 1.165) is 32.1 Å². The Morgan fingerprint density at radius 1 is 1.14 bits per heavy atom. The van der Waals surface area contributed by atoms with Crippen LogP contribution in [-0.2, 0) is 6.54 Å². The molecule has 0 bridgehead atoms. The van der Waals surface area contributed by atoms with Crippen LogP contribution in [0.2, 0.25) is 0 Å². The molecule has 0 aromatic carbocycles. The molecule has 1 atom stereocenters. The highest BCUT2D eigenvalue weighted by molar-refractivity contribution is 5.30. The Labute approximate surface area is 127 Å². The van der Waals surface area contributed by atoms with Crippen LogP contribution in [0.1, 0.15) is 38.2 Å². The van der Waals surface area contributed by atoms with Crippen molar-refractivity contribution in [1.82, 2.24) is 20.2 Å². The summed E-state index contributed by atoms with van der Waals surface area (Å²) in [6.45, 7) is 8.83. The standard InChI is InChI=1S/C16H27N5/c1-2-20-9-5-6-15(20)13-17-10-14-11-18-16(19-12-14)21-7-3-4-8-21/h11-12,15,17H,2-10,13H2,1H3/t15-/m0/s1. The Bertz CT molecular complexity index is 427. The highest BCUT2D eigenvalue weighted by atomic mass is 15.3. The number of nitrogens with one attached hydrogen (secondary N) is 1. The summed E-state index contributed by atoms with van der Waals surface area (Å²) >= 11 is 0. The molecule has 5 nitrogen and oxygen atoms in total. The average Bonchev–Trinajstić information content (AvgIpc) is 3.19. The van der Waals surface area contributed by atoms with E-state index in [1.807, 2.05) is 12.4 Å². The monoisotopic (exact) mass is 289 g/mol. The highest BCUT2D eigenvalue weighted by Crippen LogP contribution is 2.16. The molecule has 0 amide bonds. The van der Waals surface area contributed by atoms with Crippen LogP contribution in [0, 0.1) is 0 Å². The zero-order valence-corrected chi connectivity index (χ0v) is 13.1. The fourth-order valence-electron chi connectivity index (χ4n) is 3.45. The average molecular weight is 289 g/mol. The quantitative estimate of drug-likeness (QED) is 0.863. The number of anilines is 1. The fourth-order valence-corrected chi connectivity index (χ4v) is 3.45. The van der Waals surface area contributed by atoms with E-state index in [-0.39, 0.29) is 0 Å². The molecule has 3 rings (SSSR count). The molecule has 2 aliphatic rings. The molecule has 116 valence electrons. The van der Waals surface area contributed by atoms with Gasteiger partial charge in [0.25, 0.3) is 0 Å². The molecular formula is C16H27N5. The molecular weight excluding hydrogens is 262 g/mol. The summed E-state index contributed by atoms with van der Waals surface area (Å²) in [7, 11) is 0. The topological polar surface area (TPSA) is 44.3 Å². The van der Waals surface area contributed by atoms with Gasteiger partial charge in [0.05, 0.1) is 0 Å². The second-order valence-electron chi connectivity index (χ2n) is 6.14. The van der Waals surface area contributed by atoms with Gasteiger partial charge in [-0.15, -0.1) is 0 Å². The van der Waals surface area contributed by atoms with Gasteiger partial charge in [-0.1, -0.05) is 6.92 Å². The lowest BCUT2D eigenvalue weighted by atomic mass is 10.2. The third-order valence-electron chi connectivity index (χ3n) is 4.69. The van der Waals surface area contributed by atoms with Crippen molar-refractivity contribution in [3.63, 3.8) is 0 Å². The first kappa shape index (κ1) is 14.7. The summed E-state index contributed by atoms with van der Waals surface area (Å²) < 4.78 is 0. The summed E-state index contributed by atoms with van der Waals surface area (Å²) in [5, 5.41) is 3.56. The Kier molecular flexibility index (Phi) is 5.04. The van der Waals surface area contributed by atoms with Crippen LogP contribution in [-0.4, -0.2) is 53.6 Å². The number of hydrogen-bond acceptors (Lipinski definition) is 5. The number of rotatable bonds is 6. The number of likely N-dealkylation sites (tertiary alicyclic amines) is 1. The van der Waals surface area contributed by atoms with Crippen molar-refractivity contribution in [1.29, 1.82) is 0 Å². The third kappa shape index (κ3) is 3.71. The van der Waals surface area contributed by atoms with Gasteiger partial charge in [0, 0.05) is 50.2 Å². The van der Waals surface area contributed by atoms with Crippen LogP contribution < -0.4 is 10.2 Å². The molecule has 1 aromatic rings. The van der Waals surface area contributed by atoms with Crippen molar-refractivity contribution in [2.45, 2.75) is 45.2 Å². The number of nitrogens with zero attached hydrogens (tertiary/aromatic N) is 4. The molecule has 0 unspecified atom stereocenters. The smallest absolute Gasteiger partial charge is 0.225 e. The van der Waals surface area contributed by atoms with E-state index in [4.69, 9.17) is 0 Å². The van der Waals surface area contributed by atoms with Crippen LogP contribution in [0.5, 0.6) is 0 Å². The number of aromatic nitrogens is 2. The normalized spacial score (nSPS) is 23.1. The molecule has 5 heteroatoms. The number of hydrogen-bond donors (Lipinski definition) is 1. The van der Waals surface area contributed by atoms with Crippen molar-refractivity contribution in [3.05, 3.63) is 18.0 Å². The maximum atomic E-state index is 4.51. The van der Waals surface area contributed by atoms with Gasteiger partial charge in [0.2, 0.25) is 5.95 Å². The van der Waals surface area contributed by atoms with Gasteiger partial charge >= 0.3 is 0 Å². The van der Waals surface area contributed by atoms with E-state index in [9.17, 15) is 0 Å². The lowest BCUT2D eigenvalue weighted by Crippen LogP contribution is -2.37. The molecule has 1 N–H and O–H groups in total. The van der Waals surface area contributed by atoms with E-state index < -0.39 is 0 Å². The van der Waals surface area contributed by atoms with Crippen LogP contribution in [0.25, 0.3) is 0 Å². The van der Waals surface area contributed by atoms with Crippen LogP contribution in [0.4, 0.5) is 5.95 Å². The largest absolute Gasteiger partial charge is 0.341 e. The number of likely N-dealkylation sites (N-methyl/N-ethyl adjacent to an activating group) is 1. The van der Waals surface area contributed by atoms with Gasteiger partial charge in [-0.3, -0.25) is 4.90 Å². The van der Waals surface area contributed by atoms with Gasteiger partial charge in [0.1, 0.15) is 0 Å². The van der Waals surface area contributed by atoms with Gasteiger partial charge < -0.3 is 10.2 Å². The Morgan fingerprint density at radius 3 is 2.62 bits per heavy atom. The van der Waals surface area contributed by atoms with Crippen LogP contribution in [0.15, 0.2) is 12.4 Å². The zero-order valence-electron chi connectivity index (χ0n) is 13.1. The van der Waals surface area contributed by atoms with E-state index >= 15 is 0 Å². The fraction of sp³-hybridized carbons (Fsp3) is 0.750. The molecule has 2 fully saturated rings. The second kappa shape index (κ2) is 7.18. The lowest BCUT2D eigenvalue weighted by molar-refractivity contribution is 0.260. The van der Waals surface area contributed by atoms with Crippen molar-refractivity contribution < 1.29 is 0 Å². The Morgan fingerprint density at radius 2 is 1.90 bits per heavy atom. The molecule has 3 heterocycles. The van der Waals surface area contributed by atoms with E-state index in [1.54, 1.807) is 0 Å². The van der Waals surface area contributed by atoms with Gasteiger partial charge in [-0.25, -0.2) is 9.97 Å². The molecule has 0 saturated carbocycles. The minimum atomic E-state index is 0.708. The molecule has 2 saturated heterocycles. The maximum Gasteiger partial charge on any atom is 0.225 e. The van der Waals surface area contributed by atoms with Crippen molar-refractivity contribution in [2.24, 2.45) is 0 Å². The highest BCUT2D eigenvalue weighted by Gasteiger charge is 2.22. The van der Waals surface area contributed by atoms with E-state index in [0.29, 0.717) is 6.04 Å². The van der Waals surface area contributed by atoms with Gasteiger partial charge in [-0.05, 0) is 38.8 Å². The lowest BCUT2D eigenvalue weighted by Gasteiger charge is -2.23. The van der Waals surface area contributed by atoms with Crippen molar-refractivity contribution in [3.8, 4) is 0 Å². The third-order valence-corrected chi connectivity index (χ3v) is 4.69. The van der Waals surface area contributed by atoms with Crippen LogP contribution >= 0.6 is 0 Å². The summed E-state index contributed by atoms with van der Waals surface area (Å²) in [6, 6.07) is 0.708. The summed E-state index contributed by atoms with van der Waals surface area (Å²) in [5.74, 6) is 0.893. The molecule has 21 heavy (non-hydrogen) atoms. The first-order valence-electron chi connectivity index (χ1n) is 8.37. The molecule has 0 spiro atoms. The van der Waals surface area contributed by atoms with Crippen molar-refractivity contribution in [2.75, 3.05) is 37.6 Å². The minimum absolute atomic E-state index is 0.708. The van der Waals surface area contributed by atoms with Crippen LogP contribution in [0.3, 0.4) is 0 Å². The molecule has 0 aliphatic carbocycles. The summed E-state index contributed by atoms with van der Waals surface area (Å²) in [6.07, 6.45) is 9.14. The Hall–Kier alpha value is -1.20. The second-order valence-corrected chi connectivity index (χ2v) is 6.14. The molecule has 2 aliphatic heterocycles. The summed E-state index contributed by atoms with van der Waals surface area (Å²) in [4.78, 5) is 13.9. The predicted molar refractivity (Wildman–Crippen MR) is 85.5 cm³/mol. The van der Waals surface area contributed by atoms with E-state index in [2.05, 4.69) is 32.0 Å². The van der Waals surface area contributed by atoms with Gasteiger partial charge in [-0.2, -0.15) is 0 Å². The predicted octanol–water partition coefficient (Wildman–Crippen LogP) is 1.65. The van der Waals surface area contributed by atoms with E-state index in [1.165, 1.54) is 44.3 Å². The Balaban J connectivity index is 1.45. The van der Waals surface area contributed by atoms with Gasteiger partial charge in [0.15, 0.2) is 0 Å². The molecule has 1 aromatic heterocycles. The summed E-state index contributed by atoms with van der Waals surface area (Å²) in [5.41, 5.74) is 1.18. The maximum absolute atomic E-state index is 4.51. The SMILES string of the molecule is CCN1CCC[C@H]1CNCc1cnc(N2CCCC2)nc1. The molecule has 0 radical (unpaired) electrons. The minimum Gasteiger partial charge on any atom is -0.341 e.